The lowest BCUT2D eigenvalue weighted by atomic mass is 9.79. The summed E-state index contributed by atoms with van der Waals surface area (Å²) in [6.07, 6.45) is 0.641. The Morgan fingerprint density at radius 3 is 1.63 bits per heavy atom. The third-order valence-corrected chi connectivity index (χ3v) is 6.06. The average Bonchev–Trinajstić information content (AvgIpc) is 2.74. The van der Waals surface area contributed by atoms with Crippen LogP contribution in [0, 0.1) is 11.8 Å². The molecule has 2 atom stereocenters. The molecule has 4 rings (SSSR count). The first kappa shape index (κ1) is 18.1. The molecule has 2 aliphatic rings. The van der Waals surface area contributed by atoms with Crippen molar-refractivity contribution in [2.75, 3.05) is 39.4 Å². The zero-order valence-electron chi connectivity index (χ0n) is 15.5. The summed E-state index contributed by atoms with van der Waals surface area (Å²) < 4.78 is 6.40. The standard InChI is InChI=1S/C23H26NO3/c25-22(18-7-3-1-4-8-18)20-15-21(23(26)19-9-5-2-6-10-19)17-24(16-20)11-13-27-14-12-24/h1-10,20-21H,11-17H2/q+1. The van der Waals surface area contributed by atoms with Gasteiger partial charge in [-0.25, -0.2) is 0 Å². The minimum atomic E-state index is -0.114. The van der Waals surface area contributed by atoms with Crippen molar-refractivity contribution in [3.05, 3.63) is 71.8 Å². The molecular formula is C23H26NO3+. The summed E-state index contributed by atoms with van der Waals surface area (Å²) >= 11 is 0. The molecule has 2 aromatic carbocycles. The quantitative estimate of drug-likeness (QED) is 0.618. The van der Waals surface area contributed by atoms with E-state index < -0.39 is 0 Å². The van der Waals surface area contributed by atoms with Crippen LogP contribution in [-0.2, 0) is 4.74 Å². The highest BCUT2D eigenvalue weighted by molar-refractivity contribution is 6.00. The maximum Gasteiger partial charge on any atom is 0.171 e. The Kier molecular flexibility index (Phi) is 5.19. The predicted octanol–water partition coefficient (Wildman–Crippen LogP) is 3.24. The van der Waals surface area contributed by atoms with Crippen molar-refractivity contribution in [2.45, 2.75) is 6.42 Å². The van der Waals surface area contributed by atoms with E-state index in [1.165, 1.54) is 0 Å². The smallest absolute Gasteiger partial charge is 0.171 e. The minimum Gasteiger partial charge on any atom is -0.370 e. The number of carbonyl (C=O) groups excluding carboxylic acids is 2. The third kappa shape index (κ3) is 3.87. The number of Topliss-reactive ketones (excluding diaryl/α,β-unsaturated/α-hetero) is 2. The Balaban J connectivity index is 1.62. The highest BCUT2D eigenvalue weighted by Crippen LogP contribution is 2.33. The molecule has 140 valence electrons. The van der Waals surface area contributed by atoms with Crippen LogP contribution in [0.25, 0.3) is 0 Å². The fourth-order valence-corrected chi connectivity index (χ4v) is 4.65. The Morgan fingerprint density at radius 2 is 1.19 bits per heavy atom. The lowest BCUT2D eigenvalue weighted by molar-refractivity contribution is -0.943. The van der Waals surface area contributed by atoms with Gasteiger partial charge in [0, 0.05) is 11.1 Å². The maximum absolute atomic E-state index is 13.2. The monoisotopic (exact) mass is 364 g/mol. The van der Waals surface area contributed by atoms with Crippen LogP contribution >= 0.6 is 0 Å². The van der Waals surface area contributed by atoms with Crippen molar-refractivity contribution in [1.82, 2.24) is 0 Å². The second-order valence-corrected chi connectivity index (χ2v) is 7.86. The second kappa shape index (κ2) is 7.75. The van der Waals surface area contributed by atoms with Crippen LogP contribution in [0.2, 0.25) is 0 Å². The van der Waals surface area contributed by atoms with Crippen LogP contribution in [0.4, 0.5) is 0 Å². The molecule has 2 aliphatic heterocycles. The highest BCUT2D eigenvalue weighted by atomic mass is 16.5. The lowest BCUT2D eigenvalue weighted by Gasteiger charge is -2.48. The first-order valence-corrected chi connectivity index (χ1v) is 9.78. The number of piperidine rings is 1. The first-order valence-electron chi connectivity index (χ1n) is 9.78. The second-order valence-electron chi connectivity index (χ2n) is 7.86. The Bertz CT molecular complexity index is 735. The van der Waals surface area contributed by atoms with Crippen molar-refractivity contribution < 1.29 is 18.8 Å². The van der Waals surface area contributed by atoms with E-state index in [0.29, 0.717) is 19.6 Å². The van der Waals surface area contributed by atoms with Gasteiger partial charge in [0.05, 0.1) is 38.1 Å². The largest absolute Gasteiger partial charge is 0.370 e. The van der Waals surface area contributed by atoms with Crippen molar-refractivity contribution in [1.29, 1.82) is 0 Å². The van der Waals surface area contributed by atoms with Gasteiger partial charge in [0.25, 0.3) is 0 Å². The van der Waals surface area contributed by atoms with Crippen molar-refractivity contribution >= 4 is 11.6 Å². The number of rotatable bonds is 4. The van der Waals surface area contributed by atoms with Gasteiger partial charge in [0.1, 0.15) is 13.1 Å². The molecule has 0 N–H and O–H groups in total. The molecule has 2 unspecified atom stereocenters. The fraction of sp³-hybridized carbons (Fsp3) is 0.391. The van der Waals surface area contributed by atoms with E-state index >= 15 is 0 Å². The molecule has 0 aromatic heterocycles. The van der Waals surface area contributed by atoms with Gasteiger partial charge in [0.2, 0.25) is 0 Å². The van der Waals surface area contributed by atoms with Crippen molar-refractivity contribution in [3.63, 3.8) is 0 Å². The summed E-state index contributed by atoms with van der Waals surface area (Å²) in [5, 5.41) is 0. The number of ketones is 2. The van der Waals surface area contributed by atoms with Gasteiger partial charge >= 0.3 is 0 Å². The normalized spacial score (nSPS) is 24.4. The molecule has 0 amide bonds. The molecule has 2 heterocycles. The predicted molar refractivity (Wildman–Crippen MR) is 104 cm³/mol. The number of morpholine rings is 1. The molecule has 0 aliphatic carbocycles. The Morgan fingerprint density at radius 1 is 0.741 bits per heavy atom. The lowest BCUT2D eigenvalue weighted by Crippen LogP contribution is -2.63. The summed E-state index contributed by atoms with van der Waals surface area (Å²) in [6, 6.07) is 19.0. The number of carbonyl (C=O) groups is 2. The zero-order chi connectivity index (χ0) is 18.7. The molecule has 27 heavy (non-hydrogen) atoms. The van der Waals surface area contributed by atoms with E-state index in [0.717, 1.165) is 41.8 Å². The number of nitrogens with zero attached hydrogens (tertiary/aromatic N) is 1. The van der Waals surface area contributed by atoms with Gasteiger partial charge in [-0.2, -0.15) is 0 Å². The summed E-state index contributed by atoms with van der Waals surface area (Å²) in [7, 11) is 0. The van der Waals surface area contributed by atoms with Crippen LogP contribution in [0.5, 0.6) is 0 Å². The molecule has 2 saturated heterocycles. The van der Waals surface area contributed by atoms with Gasteiger partial charge in [-0.05, 0) is 6.42 Å². The fourth-order valence-electron chi connectivity index (χ4n) is 4.65. The van der Waals surface area contributed by atoms with Gasteiger partial charge in [-0.15, -0.1) is 0 Å². The summed E-state index contributed by atoms with van der Waals surface area (Å²) in [6.45, 7) is 4.82. The van der Waals surface area contributed by atoms with E-state index in [2.05, 4.69) is 0 Å². The summed E-state index contributed by atoms with van der Waals surface area (Å²) in [5.41, 5.74) is 1.50. The van der Waals surface area contributed by atoms with Gasteiger partial charge in [-0.3, -0.25) is 9.59 Å². The van der Waals surface area contributed by atoms with Crippen LogP contribution in [0.3, 0.4) is 0 Å². The Labute approximate surface area is 160 Å². The zero-order valence-corrected chi connectivity index (χ0v) is 15.5. The van der Waals surface area contributed by atoms with Crippen LogP contribution in [0.1, 0.15) is 27.1 Å². The van der Waals surface area contributed by atoms with Crippen molar-refractivity contribution in [2.24, 2.45) is 11.8 Å². The van der Waals surface area contributed by atoms with E-state index in [1.54, 1.807) is 0 Å². The SMILES string of the molecule is O=C(c1ccccc1)C1CC(C(=O)c2ccccc2)C[N+]2(CCOCC2)C1. The molecular weight excluding hydrogens is 338 g/mol. The molecule has 1 spiro atoms. The molecule has 0 saturated carbocycles. The van der Waals surface area contributed by atoms with E-state index in [-0.39, 0.29) is 23.4 Å². The summed E-state index contributed by atoms with van der Waals surface area (Å²) in [5.74, 6) is 0.115. The molecule has 0 radical (unpaired) electrons. The number of ether oxygens (including phenoxy) is 1. The molecule has 4 nitrogen and oxygen atoms in total. The molecule has 0 bridgehead atoms. The number of hydrogen-bond donors (Lipinski definition) is 0. The molecule has 2 aromatic rings. The van der Waals surface area contributed by atoms with Crippen molar-refractivity contribution in [3.8, 4) is 0 Å². The third-order valence-electron chi connectivity index (χ3n) is 6.06. The molecule has 2 fully saturated rings. The van der Waals surface area contributed by atoms with E-state index in [4.69, 9.17) is 4.74 Å². The van der Waals surface area contributed by atoms with Crippen LogP contribution in [-0.4, -0.2) is 55.4 Å². The first-order chi connectivity index (χ1) is 13.2. The van der Waals surface area contributed by atoms with Gasteiger partial charge in [-0.1, -0.05) is 60.7 Å². The van der Waals surface area contributed by atoms with E-state index in [1.807, 2.05) is 60.7 Å². The van der Waals surface area contributed by atoms with Gasteiger partial charge < -0.3 is 9.22 Å². The van der Waals surface area contributed by atoms with Crippen LogP contribution in [0.15, 0.2) is 60.7 Å². The van der Waals surface area contributed by atoms with Crippen LogP contribution < -0.4 is 0 Å². The Hall–Kier alpha value is -2.30. The van der Waals surface area contributed by atoms with E-state index in [9.17, 15) is 9.59 Å². The molecule has 4 heteroatoms. The average molecular weight is 364 g/mol. The summed E-state index contributed by atoms with van der Waals surface area (Å²) in [4.78, 5) is 26.4. The number of benzene rings is 2. The number of quaternary nitrogens is 1. The topological polar surface area (TPSA) is 43.4 Å². The number of hydrogen-bond acceptors (Lipinski definition) is 3. The highest BCUT2D eigenvalue weighted by Gasteiger charge is 2.45. The maximum atomic E-state index is 13.2. The van der Waals surface area contributed by atoms with Gasteiger partial charge in [0.15, 0.2) is 11.6 Å². The minimum absolute atomic E-state index is 0.114.